The number of hydrogen-bond acceptors (Lipinski definition) is 3. The van der Waals surface area contributed by atoms with Crippen molar-refractivity contribution < 1.29 is 4.79 Å². The molecule has 0 atom stereocenters. The first kappa shape index (κ1) is 12.1. The summed E-state index contributed by atoms with van der Waals surface area (Å²) < 4.78 is 0. The molecule has 1 aliphatic heterocycles. The molecule has 0 aromatic heterocycles. The van der Waals surface area contributed by atoms with Crippen LogP contribution < -0.4 is 5.32 Å². The van der Waals surface area contributed by atoms with E-state index in [9.17, 15) is 10.0 Å². The predicted molar refractivity (Wildman–Crippen MR) is 66.3 cm³/mol. The molecule has 1 aliphatic rings. The van der Waals surface area contributed by atoms with E-state index in [1.165, 1.54) is 5.56 Å². The zero-order chi connectivity index (χ0) is 12.1. The highest BCUT2D eigenvalue weighted by atomic mass is 16.5. The molecule has 92 valence electrons. The molecule has 0 unspecified atom stereocenters. The highest BCUT2D eigenvalue weighted by molar-refractivity contribution is 5.76. The summed E-state index contributed by atoms with van der Waals surface area (Å²) in [4.78, 5) is 11.5. The summed E-state index contributed by atoms with van der Waals surface area (Å²) in [6.07, 6.45) is 2.31. The van der Waals surface area contributed by atoms with E-state index in [4.69, 9.17) is 0 Å². The van der Waals surface area contributed by atoms with Crippen LogP contribution in [0.15, 0.2) is 30.3 Å². The van der Waals surface area contributed by atoms with Crippen LogP contribution in [0.2, 0.25) is 0 Å². The molecule has 1 aromatic carbocycles. The molecule has 0 spiro atoms. The maximum atomic E-state index is 11.5. The van der Waals surface area contributed by atoms with Crippen molar-refractivity contribution in [2.45, 2.75) is 25.3 Å². The Kier molecular flexibility index (Phi) is 4.12. The first-order valence-corrected chi connectivity index (χ1v) is 5.99. The van der Waals surface area contributed by atoms with Gasteiger partial charge in [-0.3, -0.25) is 4.79 Å². The normalized spacial score (nSPS) is 16.5. The summed E-state index contributed by atoms with van der Waals surface area (Å²) in [5, 5.41) is 14.5. The first-order valence-electron chi connectivity index (χ1n) is 5.99. The van der Waals surface area contributed by atoms with Crippen molar-refractivity contribution in [3.8, 4) is 0 Å². The van der Waals surface area contributed by atoms with Crippen LogP contribution in [0, 0.1) is 5.21 Å². The Morgan fingerprint density at radius 1 is 1.35 bits per heavy atom. The second-order valence-corrected chi connectivity index (χ2v) is 4.45. The standard InChI is InChI=1S/C13H17N2O2/c16-13(14-12-9-15(17)10-12)8-4-7-11-5-2-1-3-6-11/h1-3,5-6,12H,4,7-10H2,(H,14,16)/q-1. The van der Waals surface area contributed by atoms with E-state index in [-0.39, 0.29) is 11.9 Å². The quantitative estimate of drug-likeness (QED) is 0.834. The minimum Gasteiger partial charge on any atom is -0.785 e. The number of carbonyl (C=O) groups excluding carboxylic acids is 1. The highest BCUT2D eigenvalue weighted by Gasteiger charge is 2.20. The van der Waals surface area contributed by atoms with Crippen LogP contribution in [0.25, 0.3) is 0 Å². The van der Waals surface area contributed by atoms with Gasteiger partial charge in [0.15, 0.2) is 0 Å². The summed E-state index contributed by atoms with van der Waals surface area (Å²) in [6.45, 7) is 0.870. The Balaban J connectivity index is 1.60. The molecule has 0 radical (unpaired) electrons. The lowest BCUT2D eigenvalue weighted by Gasteiger charge is -2.44. The summed E-state index contributed by atoms with van der Waals surface area (Å²) in [5.74, 6) is 0.0547. The van der Waals surface area contributed by atoms with Crippen LogP contribution in [0.1, 0.15) is 18.4 Å². The lowest BCUT2D eigenvalue weighted by atomic mass is 10.1. The smallest absolute Gasteiger partial charge is 0.220 e. The van der Waals surface area contributed by atoms with Gasteiger partial charge in [-0.15, -0.1) is 0 Å². The van der Waals surface area contributed by atoms with Gasteiger partial charge in [-0.2, -0.15) is 0 Å². The third kappa shape index (κ3) is 3.84. The van der Waals surface area contributed by atoms with Gasteiger partial charge in [-0.25, -0.2) is 0 Å². The van der Waals surface area contributed by atoms with Crippen molar-refractivity contribution in [1.82, 2.24) is 10.4 Å². The molecule has 4 heteroatoms. The number of nitrogens with zero attached hydrogens (tertiary/aromatic N) is 1. The van der Waals surface area contributed by atoms with Gasteiger partial charge in [0.1, 0.15) is 0 Å². The van der Waals surface area contributed by atoms with Crippen molar-refractivity contribution in [3.05, 3.63) is 41.1 Å². The number of hydrogen-bond donors (Lipinski definition) is 1. The maximum absolute atomic E-state index is 11.5. The first-order chi connectivity index (χ1) is 8.24. The largest absolute Gasteiger partial charge is 0.785 e. The van der Waals surface area contributed by atoms with E-state index in [0.29, 0.717) is 19.5 Å². The van der Waals surface area contributed by atoms with Crippen LogP contribution in [-0.2, 0) is 11.2 Å². The average Bonchev–Trinajstić information content (AvgIpc) is 2.28. The van der Waals surface area contributed by atoms with Crippen LogP contribution in [0.4, 0.5) is 0 Å². The molecule has 0 bridgehead atoms. The Bertz CT molecular complexity index is 361. The number of aryl methyl sites for hydroxylation is 1. The van der Waals surface area contributed by atoms with Gasteiger partial charge in [0.2, 0.25) is 5.91 Å². The van der Waals surface area contributed by atoms with E-state index in [1.807, 2.05) is 18.2 Å². The van der Waals surface area contributed by atoms with E-state index in [2.05, 4.69) is 17.4 Å². The fraction of sp³-hybridized carbons (Fsp3) is 0.462. The molecular formula is C13H17N2O2-. The molecular weight excluding hydrogens is 216 g/mol. The van der Waals surface area contributed by atoms with Crippen LogP contribution in [0.5, 0.6) is 0 Å². The van der Waals surface area contributed by atoms with Gasteiger partial charge in [0.05, 0.1) is 6.04 Å². The molecule has 1 aromatic rings. The van der Waals surface area contributed by atoms with Crippen molar-refractivity contribution in [2.24, 2.45) is 0 Å². The predicted octanol–water partition coefficient (Wildman–Crippen LogP) is 1.31. The third-order valence-corrected chi connectivity index (χ3v) is 2.93. The van der Waals surface area contributed by atoms with Crippen LogP contribution in [-0.4, -0.2) is 30.1 Å². The number of amides is 1. The number of carbonyl (C=O) groups is 1. The van der Waals surface area contributed by atoms with Crippen molar-refractivity contribution >= 4 is 5.91 Å². The Hall–Kier alpha value is -1.39. The van der Waals surface area contributed by atoms with E-state index in [1.54, 1.807) is 0 Å². The lowest BCUT2D eigenvalue weighted by Crippen LogP contribution is -2.56. The number of rotatable bonds is 5. The lowest BCUT2D eigenvalue weighted by molar-refractivity contribution is -0.122. The number of benzene rings is 1. The van der Waals surface area contributed by atoms with Crippen molar-refractivity contribution in [3.63, 3.8) is 0 Å². The Morgan fingerprint density at radius 2 is 2.06 bits per heavy atom. The molecule has 4 nitrogen and oxygen atoms in total. The number of nitrogens with one attached hydrogen (secondary N) is 1. The third-order valence-electron chi connectivity index (χ3n) is 2.93. The molecule has 1 fully saturated rings. The molecule has 0 aliphatic carbocycles. The molecule has 1 heterocycles. The zero-order valence-electron chi connectivity index (χ0n) is 9.76. The van der Waals surface area contributed by atoms with Crippen LogP contribution >= 0.6 is 0 Å². The van der Waals surface area contributed by atoms with Crippen molar-refractivity contribution in [2.75, 3.05) is 13.1 Å². The van der Waals surface area contributed by atoms with Gasteiger partial charge in [0, 0.05) is 19.5 Å². The van der Waals surface area contributed by atoms with E-state index in [0.717, 1.165) is 17.9 Å². The van der Waals surface area contributed by atoms with Gasteiger partial charge in [-0.1, -0.05) is 30.3 Å². The summed E-state index contributed by atoms with van der Waals surface area (Å²) >= 11 is 0. The molecule has 1 amide bonds. The highest BCUT2D eigenvalue weighted by Crippen LogP contribution is 2.07. The van der Waals surface area contributed by atoms with Crippen LogP contribution in [0.3, 0.4) is 0 Å². The monoisotopic (exact) mass is 233 g/mol. The molecule has 1 saturated heterocycles. The van der Waals surface area contributed by atoms with Gasteiger partial charge < -0.3 is 15.6 Å². The molecule has 2 rings (SSSR count). The minimum atomic E-state index is 0.0547. The van der Waals surface area contributed by atoms with Crippen molar-refractivity contribution in [1.29, 1.82) is 0 Å². The SMILES string of the molecule is O=C(CCCc1ccccc1)NC1CN([O-])C1. The maximum Gasteiger partial charge on any atom is 0.220 e. The van der Waals surface area contributed by atoms with Gasteiger partial charge in [0.25, 0.3) is 0 Å². The number of hydroxylamine groups is 2. The zero-order valence-corrected chi connectivity index (χ0v) is 9.76. The summed E-state index contributed by atoms with van der Waals surface area (Å²) in [5.41, 5.74) is 1.26. The summed E-state index contributed by atoms with van der Waals surface area (Å²) in [6, 6.07) is 10.2. The Morgan fingerprint density at radius 3 is 2.71 bits per heavy atom. The fourth-order valence-electron chi connectivity index (χ4n) is 1.93. The Labute approximate surface area is 101 Å². The minimum absolute atomic E-state index is 0.0547. The average molecular weight is 233 g/mol. The second-order valence-electron chi connectivity index (χ2n) is 4.45. The fourth-order valence-corrected chi connectivity index (χ4v) is 1.93. The van der Waals surface area contributed by atoms with E-state index < -0.39 is 0 Å². The van der Waals surface area contributed by atoms with Gasteiger partial charge >= 0.3 is 0 Å². The molecule has 0 saturated carbocycles. The summed E-state index contributed by atoms with van der Waals surface area (Å²) in [7, 11) is 0. The molecule has 17 heavy (non-hydrogen) atoms. The van der Waals surface area contributed by atoms with E-state index >= 15 is 0 Å². The topological polar surface area (TPSA) is 55.4 Å². The molecule has 1 N–H and O–H groups in total. The second kappa shape index (κ2) is 5.80. The van der Waals surface area contributed by atoms with Gasteiger partial charge in [-0.05, 0) is 18.4 Å².